The molecule has 0 radical (unpaired) electrons. The Morgan fingerprint density at radius 2 is 2.00 bits per heavy atom. The fourth-order valence-electron chi connectivity index (χ4n) is 0.925. The molecule has 0 bridgehead atoms. The topological polar surface area (TPSA) is 69.9 Å². The molecule has 1 heterocycles. The summed E-state index contributed by atoms with van der Waals surface area (Å²) in [7, 11) is 0. The van der Waals surface area contributed by atoms with E-state index in [0.29, 0.717) is 6.42 Å². The zero-order chi connectivity index (χ0) is 9.03. The van der Waals surface area contributed by atoms with Crippen LogP contribution in [0.1, 0.15) is 12.8 Å². The fourth-order valence-corrected chi connectivity index (χ4v) is 0.925. The maximum Gasteiger partial charge on any atom is 0.275 e. The second kappa shape index (κ2) is 3.71. The first kappa shape index (κ1) is 9.25. The van der Waals surface area contributed by atoms with E-state index < -0.39 is 5.97 Å². The van der Waals surface area contributed by atoms with Crippen LogP contribution in [0.25, 0.3) is 0 Å². The second-order valence-corrected chi connectivity index (χ2v) is 2.70. The number of rotatable bonds is 3. The van der Waals surface area contributed by atoms with E-state index in [1.807, 2.05) is 6.08 Å². The summed E-state index contributed by atoms with van der Waals surface area (Å²) in [4.78, 5) is 0. The SMILES string of the molecule is OC(O)(O)CCC1C=CC=CO1. The maximum atomic E-state index is 8.56. The van der Waals surface area contributed by atoms with Crippen LogP contribution in [0.5, 0.6) is 0 Å². The monoisotopic (exact) mass is 172 g/mol. The first-order chi connectivity index (χ1) is 5.58. The molecule has 0 saturated heterocycles. The molecule has 1 rings (SSSR count). The molecule has 0 fully saturated rings. The van der Waals surface area contributed by atoms with Crippen molar-refractivity contribution in [3.05, 3.63) is 24.5 Å². The van der Waals surface area contributed by atoms with Gasteiger partial charge in [0.2, 0.25) is 0 Å². The number of aliphatic hydroxyl groups is 3. The molecule has 4 heteroatoms. The minimum Gasteiger partial charge on any atom is -0.494 e. The zero-order valence-electron chi connectivity index (χ0n) is 6.55. The van der Waals surface area contributed by atoms with Gasteiger partial charge in [0.05, 0.1) is 6.26 Å². The van der Waals surface area contributed by atoms with Crippen molar-refractivity contribution < 1.29 is 20.1 Å². The van der Waals surface area contributed by atoms with Crippen molar-refractivity contribution in [1.29, 1.82) is 0 Å². The number of ether oxygens (including phenoxy) is 1. The summed E-state index contributed by atoms with van der Waals surface area (Å²) in [6.45, 7) is 0. The van der Waals surface area contributed by atoms with Crippen LogP contribution in [0.3, 0.4) is 0 Å². The van der Waals surface area contributed by atoms with Gasteiger partial charge in [-0.1, -0.05) is 6.08 Å². The highest BCUT2D eigenvalue weighted by molar-refractivity contribution is 5.07. The lowest BCUT2D eigenvalue weighted by Gasteiger charge is -2.18. The van der Waals surface area contributed by atoms with Crippen molar-refractivity contribution in [3.8, 4) is 0 Å². The molecular formula is C8H12O4. The Balaban J connectivity index is 2.24. The Kier molecular flexibility index (Phi) is 2.86. The molecule has 0 aromatic carbocycles. The van der Waals surface area contributed by atoms with E-state index in [9.17, 15) is 0 Å². The minimum atomic E-state index is -2.58. The lowest BCUT2D eigenvalue weighted by molar-refractivity contribution is -0.316. The van der Waals surface area contributed by atoms with Gasteiger partial charge < -0.3 is 20.1 Å². The smallest absolute Gasteiger partial charge is 0.275 e. The normalized spacial score (nSPS) is 22.4. The first-order valence-electron chi connectivity index (χ1n) is 3.74. The second-order valence-electron chi connectivity index (χ2n) is 2.70. The van der Waals surface area contributed by atoms with Gasteiger partial charge in [0.25, 0.3) is 5.97 Å². The molecule has 0 saturated carbocycles. The van der Waals surface area contributed by atoms with Crippen LogP contribution in [0, 0.1) is 0 Å². The zero-order valence-corrected chi connectivity index (χ0v) is 6.55. The molecular weight excluding hydrogens is 160 g/mol. The van der Waals surface area contributed by atoms with Crippen molar-refractivity contribution in [2.45, 2.75) is 24.9 Å². The van der Waals surface area contributed by atoms with E-state index in [-0.39, 0.29) is 12.5 Å². The van der Waals surface area contributed by atoms with Crippen LogP contribution in [0.4, 0.5) is 0 Å². The van der Waals surface area contributed by atoms with Crippen LogP contribution in [-0.2, 0) is 4.74 Å². The summed E-state index contributed by atoms with van der Waals surface area (Å²) >= 11 is 0. The van der Waals surface area contributed by atoms with Crippen molar-refractivity contribution in [1.82, 2.24) is 0 Å². The molecule has 0 aromatic rings. The summed E-state index contributed by atoms with van der Waals surface area (Å²) < 4.78 is 5.07. The average molecular weight is 172 g/mol. The number of allylic oxidation sites excluding steroid dienone is 2. The van der Waals surface area contributed by atoms with Crippen LogP contribution < -0.4 is 0 Å². The van der Waals surface area contributed by atoms with E-state index in [0.717, 1.165) is 0 Å². The standard InChI is InChI=1S/C8H12O4/c9-8(10,11)5-4-7-3-1-2-6-12-7/h1-3,6-7,9-11H,4-5H2. The predicted molar refractivity (Wildman–Crippen MR) is 41.8 cm³/mol. The fraction of sp³-hybridized carbons (Fsp3) is 0.500. The Hall–Kier alpha value is -0.840. The molecule has 4 nitrogen and oxygen atoms in total. The van der Waals surface area contributed by atoms with Crippen molar-refractivity contribution >= 4 is 0 Å². The average Bonchev–Trinajstić information content (AvgIpc) is 2.02. The lowest BCUT2D eigenvalue weighted by atomic mass is 10.1. The summed E-state index contributed by atoms with van der Waals surface area (Å²) in [5, 5.41) is 25.7. The molecule has 1 unspecified atom stereocenters. The quantitative estimate of drug-likeness (QED) is 0.518. The van der Waals surface area contributed by atoms with Gasteiger partial charge in [-0.15, -0.1) is 0 Å². The molecule has 0 amide bonds. The number of hydrogen-bond acceptors (Lipinski definition) is 4. The summed E-state index contributed by atoms with van der Waals surface area (Å²) in [5.41, 5.74) is 0. The van der Waals surface area contributed by atoms with Gasteiger partial charge in [-0.3, -0.25) is 0 Å². The predicted octanol–water partition coefficient (Wildman–Crippen LogP) is -0.134. The largest absolute Gasteiger partial charge is 0.494 e. The van der Waals surface area contributed by atoms with Gasteiger partial charge in [-0.25, -0.2) is 0 Å². The lowest BCUT2D eigenvalue weighted by Crippen LogP contribution is -2.28. The summed E-state index contributed by atoms with van der Waals surface area (Å²) in [6.07, 6.45) is 6.91. The van der Waals surface area contributed by atoms with Crippen LogP contribution in [0.2, 0.25) is 0 Å². The highest BCUT2D eigenvalue weighted by Gasteiger charge is 2.20. The minimum absolute atomic E-state index is 0.129. The van der Waals surface area contributed by atoms with Gasteiger partial charge in [-0.05, 0) is 18.6 Å². The van der Waals surface area contributed by atoms with Gasteiger partial charge in [0.15, 0.2) is 0 Å². The Bertz CT molecular complexity index is 190. The third-order valence-corrected chi connectivity index (χ3v) is 1.53. The molecule has 0 aromatic heterocycles. The van der Waals surface area contributed by atoms with Gasteiger partial charge in [0, 0.05) is 6.42 Å². The maximum absolute atomic E-state index is 8.56. The van der Waals surface area contributed by atoms with Crippen molar-refractivity contribution in [3.63, 3.8) is 0 Å². The molecule has 1 atom stereocenters. The van der Waals surface area contributed by atoms with E-state index in [2.05, 4.69) is 0 Å². The van der Waals surface area contributed by atoms with Crippen molar-refractivity contribution in [2.75, 3.05) is 0 Å². The van der Waals surface area contributed by atoms with Crippen molar-refractivity contribution in [2.24, 2.45) is 0 Å². The molecule has 3 N–H and O–H groups in total. The van der Waals surface area contributed by atoms with Crippen LogP contribution >= 0.6 is 0 Å². The molecule has 0 aliphatic carbocycles. The van der Waals surface area contributed by atoms with Gasteiger partial charge >= 0.3 is 0 Å². The van der Waals surface area contributed by atoms with E-state index in [1.165, 1.54) is 6.26 Å². The first-order valence-corrected chi connectivity index (χ1v) is 3.74. The van der Waals surface area contributed by atoms with E-state index >= 15 is 0 Å². The van der Waals surface area contributed by atoms with E-state index in [1.54, 1.807) is 12.2 Å². The molecule has 1 aliphatic heterocycles. The molecule has 1 aliphatic rings. The molecule has 0 spiro atoms. The highest BCUT2D eigenvalue weighted by atomic mass is 16.7. The van der Waals surface area contributed by atoms with Gasteiger partial charge in [0.1, 0.15) is 6.10 Å². The summed E-state index contributed by atoms with van der Waals surface area (Å²) in [6, 6.07) is 0. The Morgan fingerprint density at radius 1 is 1.25 bits per heavy atom. The Morgan fingerprint density at radius 3 is 2.50 bits per heavy atom. The van der Waals surface area contributed by atoms with Crippen LogP contribution in [0.15, 0.2) is 24.5 Å². The molecule has 68 valence electrons. The highest BCUT2D eigenvalue weighted by Crippen LogP contribution is 2.13. The number of hydrogen-bond donors (Lipinski definition) is 3. The third kappa shape index (κ3) is 3.52. The van der Waals surface area contributed by atoms with Crippen LogP contribution in [-0.4, -0.2) is 27.4 Å². The Labute approximate surface area is 70.4 Å². The van der Waals surface area contributed by atoms with Gasteiger partial charge in [-0.2, -0.15) is 0 Å². The molecule has 12 heavy (non-hydrogen) atoms. The van der Waals surface area contributed by atoms with E-state index in [4.69, 9.17) is 20.1 Å². The summed E-state index contributed by atoms with van der Waals surface area (Å²) in [5.74, 6) is -2.58. The third-order valence-electron chi connectivity index (χ3n) is 1.53.